The van der Waals surface area contributed by atoms with Gasteiger partial charge in [0.1, 0.15) is 10.4 Å². The smallest absolute Gasteiger partial charge is 0.327 e. The van der Waals surface area contributed by atoms with Gasteiger partial charge in [0.2, 0.25) is 0 Å². The molecule has 1 atom stereocenters. The Kier molecular flexibility index (Phi) is 5.26. The van der Waals surface area contributed by atoms with Crippen molar-refractivity contribution in [2.75, 3.05) is 0 Å². The van der Waals surface area contributed by atoms with Crippen LogP contribution in [0, 0.1) is 5.92 Å². The molecule has 0 saturated carbocycles. The van der Waals surface area contributed by atoms with Crippen molar-refractivity contribution in [3.63, 3.8) is 0 Å². The predicted molar refractivity (Wildman–Crippen MR) is 92.7 cm³/mol. The van der Waals surface area contributed by atoms with E-state index in [9.17, 15) is 14.7 Å². The van der Waals surface area contributed by atoms with E-state index in [1.165, 1.54) is 4.90 Å². The Hall–Kier alpha value is -1.37. The number of thioether (sulfide) groups is 1. The number of carboxylic acids is 1. The molecular weight excluding hydrogens is 342 g/mol. The molecule has 1 N–H and O–H groups in total. The molecule has 116 valence electrons. The van der Waals surface area contributed by atoms with Crippen molar-refractivity contribution in [1.29, 1.82) is 0 Å². The maximum Gasteiger partial charge on any atom is 0.327 e. The molecule has 22 heavy (non-hydrogen) atoms. The summed E-state index contributed by atoms with van der Waals surface area (Å²) in [5.41, 5.74) is 0.807. The Morgan fingerprint density at radius 3 is 2.45 bits per heavy atom. The van der Waals surface area contributed by atoms with E-state index in [-0.39, 0.29) is 16.1 Å². The summed E-state index contributed by atoms with van der Waals surface area (Å²) in [7, 11) is 0. The third kappa shape index (κ3) is 3.51. The molecule has 0 aromatic heterocycles. The van der Waals surface area contributed by atoms with Gasteiger partial charge >= 0.3 is 5.97 Å². The second kappa shape index (κ2) is 6.81. The van der Waals surface area contributed by atoms with Crippen LogP contribution in [-0.4, -0.2) is 32.2 Å². The van der Waals surface area contributed by atoms with Gasteiger partial charge < -0.3 is 5.11 Å². The first-order valence-electron chi connectivity index (χ1n) is 6.56. The van der Waals surface area contributed by atoms with Crippen LogP contribution in [0.25, 0.3) is 6.08 Å². The highest BCUT2D eigenvalue weighted by molar-refractivity contribution is 8.26. The molecule has 1 aliphatic rings. The number of nitrogens with zero attached hydrogens (tertiary/aromatic N) is 1. The molecule has 1 aromatic rings. The highest BCUT2D eigenvalue weighted by atomic mass is 35.5. The fourth-order valence-corrected chi connectivity index (χ4v) is 3.58. The van der Waals surface area contributed by atoms with Gasteiger partial charge in [-0.05, 0) is 29.7 Å². The maximum atomic E-state index is 12.5. The molecule has 0 spiro atoms. The Morgan fingerprint density at radius 1 is 1.36 bits per heavy atom. The van der Waals surface area contributed by atoms with Crippen molar-refractivity contribution in [2.45, 2.75) is 19.9 Å². The molecule has 1 amide bonds. The molecular formula is C15H14ClNO3S2. The van der Waals surface area contributed by atoms with E-state index >= 15 is 0 Å². The second-order valence-electron chi connectivity index (χ2n) is 5.13. The van der Waals surface area contributed by atoms with E-state index in [1.807, 2.05) is 0 Å². The van der Waals surface area contributed by atoms with E-state index in [0.717, 1.165) is 17.3 Å². The number of hydrogen-bond acceptors (Lipinski definition) is 4. The van der Waals surface area contributed by atoms with Gasteiger partial charge in [-0.25, -0.2) is 4.79 Å². The van der Waals surface area contributed by atoms with E-state index in [2.05, 4.69) is 0 Å². The summed E-state index contributed by atoms with van der Waals surface area (Å²) >= 11 is 12.1. The number of carbonyl (C=O) groups is 2. The van der Waals surface area contributed by atoms with Gasteiger partial charge in [-0.2, -0.15) is 0 Å². The van der Waals surface area contributed by atoms with Crippen LogP contribution >= 0.6 is 35.6 Å². The highest BCUT2D eigenvalue weighted by Crippen LogP contribution is 2.35. The number of thiocarbonyl (C=S) groups is 1. The Labute approximate surface area is 143 Å². The largest absolute Gasteiger partial charge is 0.480 e. The summed E-state index contributed by atoms with van der Waals surface area (Å²) in [4.78, 5) is 25.5. The molecule has 4 nitrogen and oxygen atoms in total. The van der Waals surface area contributed by atoms with E-state index < -0.39 is 12.0 Å². The number of carboxylic acid groups (broad SMARTS) is 1. The first kappa shape index (κ1) is 17.0. The molecule has 1 fully saturated rings. The summed E-state index contributed by atoms with van der Waals surface area (Å²) < 4.78 is 0.270. The topological polar surface area (TPSA) is 57.6 Å². The third-order valence-corrected chi connectivity index (χ3v) is 4.74. The van der Waals surface area contributed by atoms with Gasteiger partial charge in [0.05, 0.1) is 4.91 Å². The van der Waals surface area contributed by atoms with Crippen molar-refractivity contribution in [3.05, 3.63) is 39.8 Å². The van der Waals surface area contributed by atoms with Gasteiger partial charge in [-0.1, -0.05) is 61.6 Å². The minimum Gasteiger partial charge on any atom is -0.480 e. The molecule has 0 radical (unpaired) electrons. The zero-order chi connectivity index (χ0) is 16.4. The molecule has 2 rings (SSSR count). The summed E-state index contributed by atoms with van der Waals surface area (Å²) in [6, 6.07) is 6.06. The molecule has 0 bridgehead atoms. The standard InChI is InChI=1S/C15H14ClNO3S2/c1-8(2)12(14(19)20)17-13(18)11(22-15(17)21)7-9-3-5-10(16)6-4-9/h3-8,12H,1-2H3,(H,19,20)/b11-7-. The monoisotopic (exact) mass is 355 g/mol. The van der Waals surface area contributed by atoms with Crippen molar-refractivity contribution in [2.24, 2.45) is 5.92 Å². The lowest BCUT2D eigenvalue weighted by Crippen LogP contribution is -2.47. The number of aliphatic carboxylic acids is 1. The van der Waals surface area contributed by atoms with Crippen molar-refractivity contribution in [3.8, 4) is 0 Å². The summed E-state index contributed by atoms with van der Waals surface area (Å²) in [6.45, 7) is 3.50. The number of carbonyl (C=O) groups excluding carboxylic acids is 1. The number of benzene rings is 1. The molecule has 1 aromatic carbocycles. The SMILES string of the molecule is CC(C)C(C(=O)O)N1C(=O)/C(=C/c2ccc(Cl)cc2)SC1=S. The summed E-state index contributed by atoms with van der Waals surface area (Å²) in [6.07, 6.45) is 1.69. The minimum atomic E-state index is -1.06. The van der Waals surface area contributed by atoms with Crippen LogP contribution in [0.4, 0.5) is 0 Å². The van der Waals surface area contributed by atoms with Crippen LogP contribution in [0.3, 0.4) is 0 Å². The zero-order valence-corrected chi connectivity index (χ0v) is 14.3. The first-order valence-corrected chi connectivity index (χ1v) is 8.17. The molecule has 0 aliphatic carbocycles. The van der Waals surface area contributed by atoms with Crippen LogP contribution in [0.2, 0.25) is 5.02 Å². The lowest BCUT2D eigenvalue weighted by atomic mass is 10.0. The van der Waals surface area contributed by atoms with Gasteiger partial charge in [0, 0.05) is 5.02 Å². The van der Waals surface area contributed by atoms with Gasteiger partial charge in [0.15, 0.2) is 0 Å². The van der Waals surface area contributed by atoms with E-state index in [0.29, 0.717) is 9.93 Å². The van der Waals surface area contributed by atoms with Crippen LogP contribution in [-0.2, 0) is 9.59 Å². The molecule has 1 unspecified atom stereocenters. The average Bonchev–Trinajstić information content (AvgIpc) is 2.69. The van der Waals surface area contributed by atoms with Crippen LogP contribution in [0.5, 0.6) is 0 Å². The Bertz CT molecular complexity index is 655. The van der Waals surface area contributed by atoms with Gasteiger partial charge in [-0.15, -0.1) is 0 Å². The van der Waals surface area contributed by atoms with Crippen molar-refractivity contribution in [1.82, 2.24) is 4.90 Å². The van der Waals surface area contributed by atoms with Crippen molar-refractivity contribution < 1.29 is 14.7 Å². The minimum absolute atomic E-state index is 0.241. The molecule has 1 aliphatic heterocycles. The fourth-order valence-electron chi connectivity index (χ4n) is 2.12. The normalized spacial score (nSPS) is 18.4. The lowest BCUT2D eigenvalue weighted by molar-refractivity contribution is -0.146. The Balaban J connectivity index is 2.32. The van der Waals surface area contributed by atoms with E-state index in [4.69, 9.17) is 23.8 Å². The highest BCUT2D eigenvalue weighted by Gasteiger charge is 2.41. The van der Waals surface area contributed by atoms with Crippen LogP contribution in [0.1, 0.15) is 19.4 Å². The average molecular weight is 356 g/mol. The predicted octanol–water partition coefficient (Wildman–Crippen LogP) is 3.65. The Morgan fingerprint density at radius 2 is 1.95 bits per heavy atom. The third-order valence-electron chi connectivity index (χ3n) is 3.15. The molecule has 7 heteroatoms. The second-order valence-corrected chi connectivity index (χ2v) is 7.24. The van der Waals surface area contributed by atoms with Gasteiger partial charge in [0.25, 0.3) is 5.91 Å². The van der Waals surface area contributed by atoms with Crippen LogP contribution in [0.15, 0.2) is 29.2 Å². The number of halogens is 1. The maximum absolute atomic E-state index is 12.5. The molecule has 1 saturated heterocycles. The fraction of sp³-hybridized carbons (Fsp3) is 0.267. The number of rotatable bonds is 4. The van der Waals surface area contributed by atoms with Crippen molar-refractivity contribution >= 4 is 57.9 Å². The van der Waals surface area contributed by atoms with Crippen LogP contribution < -0.4 is 0 Å². The van der Waals surface area contributed by atoms with E-state index in [1.54, 1.807) is 44.2 Å². The first-order chi connectivity index (χ1) is 10.3. The molecule has 1 heterocycles. The quantitative estimate of drug-likeness (QED) is 0.660. The number of amides is 1. The number of hydrogen-bond donors (Lipinski definition) is 1. The summed E-state index contributed by atoms with van der Waals surface area (Å²) in [5.74, 6) is -1.67. The lowest BCUT2D eigenvalue weighted by Gasteiger charge is -2.26. The summed E-state index contributed by atoms with van der Waals surface area (Å²) in [5, 5.41) is 9.96. The van der Waals surface area contributed by atoms with Gasteiger partial charge in [-0.3, -0.25) is 9.69 Å². The zero-order valence-electron chi connectivity index (χ0n) is 11.9.